The number of nitrogens with one attached hydrogen (secondary N) is 3. The van der Waals surface area contributed by atoms with Gasteiger partial charge in [0.25, 0.3) is 0 Å². The largest absolute Gasteiger partial charge is 0.416 e. The van der Waals surface area contributed by atoms with Gasteiger partial charge in [-0.1, -0.05) is 25.1 Å². The molecule has 2 aromatic rings. The van der Waals surface area contributed by atoms with Crippen molar-refractivity contribution in [2.45, 2.75) is 35.2 Å². The molecule has 3 N–H and O–H groups in total. The molecule has 1 aliphatic rings. The van der Waals surface area contributed by atoms with Crippen molar-refractivity contribution in [2.24, 2.45) is 0 Å². The summed E-state index contributed by atoms with van der Waals surface area (Å²) in [5.74, 6) is -1.16. The molecule has 0 saturated carbocycles. The van der Waals surface area contributed by atoms with Gasteiger partial charge in [-0.2, -0.15) is 13.2 Å². The number of carbonyl (C=O) groups is 2. The molecular formula is C21H22F3N3O4S2. The van der Waals surface area contributed by atoms with Gasteiger partial charge in [-0.3, -0.25) is 14.9 Å². The van der Waals surface area contributed by atoms with E-state index in [9.17, 15) is 31.2 Å². The van der Waals surface area contributed by atoms with Gasteiger partial charge >= 0.3 is 6.18 Å². The van der Waals surface area contributed by atoms with E-state index in [1.165, 1.54) is 0 Å². The minimum Gasteiger partial charge on any atom is -0.331 e. The van der Waals surface area contributed by atoms with Crippen LogP contribution in [0, 0.1) is 0 Å². The smallest absolute Gasteiger partial charge is 0.331 e. The van der Waals surface area contributed by atoms with Crippen LogP contribution in [-0.2, 0) is 32.0 Å². The van der Waals surface area contributed by atoms with Crippen molar-refractivity contribution in [3.63, 3.8) is 0 Å². The summed E-state index contributed by atoms with van der Waals surface area (Å²) in [5, 5.41) is 6.42. The number of hydrogen-bond donors (Lipinski definition) is 3. The molecule has 2 unspecified atom stereocenters. The molecule has 0 radical (unpaired) electrons. The number of carbonyl (C=O) groups excluding carboxylic acids is 2. The fraction of sp³-hybridized carbons (Fsp3) is 0.333. The lowest BCUT2D eigenvalue weighted by Crippen LogP contribution is -2.59. The molecule has 33 heavy (non-hydrogen) atoms. The van der Waals surface area contributed by atoms with E-state index in [1.807, 2.05) is 25.1 Å². The summed E-state index contributed by atoms with van der Waals surface area (Å²) in [7, 11) is -4.36. The number of amides is 2. The molecule has 0 aromatic heterocycles. The Balaban J connectivity index is 1.58. The van der Waals surface area contributed by atoms with Gasteiger partial charge in [0, 0.05) is 12.2 Å². The van der Waals surface area contributed by atoms with Crippen molar-refractivity contribution in [1.82, 2.24) is 10.6 Å². The molecule has 2 atom stereocenters. The highest BCUT2D eigenvalue weighted by Gasteiger charge is 2.40. The summed E-state index contributed by atoms with van der Waals surface area (Å²) in [4.78, 5) is 24.1. The first-order chi connectivity index (χ1) is 15.5. The lowest BCUT2D eigenvalue weighted by Gasteiger charge is -2.29. The third-order valence-electron chi connectivity index (χ3n) is 4.92. The van der Waals surface area contributed by atoms with Crippen molar-refractivity contribution in [2.75, 3.05) is 17.6 Å². The van der Waals surface area contributed by atoms with Crippen LogP contribution >= 0.6 is 11.8 Å². The summed E-state index contributed by atoms with van der Waals surface area (Å²) in [6.07, 6.45) is -3.89. The quantitative estimate of drug-likeness (QED) is 0.539. The average Bonchev–Trinajstić information content (AvgIpc) is 2.77. The molecule has 0 aliphatic carbocycles. The second-order valence-corrected chi connectivity index (χ2v) is 10.5. The monoisotopic (exact) mass is 501 g/mol. The minimum atomic E-state index is -4.71. The van der Waals surface area contributed by atoms with Gasteiger partial charge in [0.05, 0.1) is 16.2 Å². The van der Waals surface area contributed by atoms with Gasteiger partial charge in [-0.15, -0.1) is 11.8 Å². The maximum atomic E-state index is 12.9. The normalized spacial score (nSPS) is 19.1. The minimum absolute atomic E-state index is 0.0145. The van der Waals surface area contributed by atoms with Crippen LogP contribution in [-0.4, -0.2) is 43.3 Å². The molecule has 1 heterocycles. The van der Waals surface area contributed by atoms with E-state index in [0.29, 0.717) is 11.8 Å². The second-order valence-electron chi connectivity index (χ2n) is 7.27. The van der Waals surface area contributed by atoms with Gasteiger partial charge in [-0.25, -0.2) is 8.42 Å². The second kappa shape index (κ2) is 10.1. The number of sulfone groups is 1. The van der Waals surface area contributed by atoms with Crippen LogP contribution in [0.1, 0.15) is 18.1 Å². The molecule has 0 spiro atoms. The highest BCUT2D eigenvalue weighted by Crippen LogP contribution is 2.31. The summed E-state index contributed by atoms with van der Waals surface area (Å²) in [5.41, 5.74) is -0.127. The zero-order chi connectivity index (χ0) is 24.2. The van der Waals surface area contributed by atoms with E-state index < -0.39 is 43.1 Å². The molecule has 2 amide bonds. The van der Waals surface area contributed by atoms with Crippen molar-refractivity contribution in [3.05, 3.63) is 59.7 Å². The molecule has 178 valence electrons. The van der Waals surface area contributed by atoms with Gasteiger partial charge < -0.3 is 10.6 Å². The number of alkyl halides is 3. The zero-order valence-corrected chi connectivity index (χ0v) is 19.1. The fourth-order valence-corrected chi connectivity index (χ4v) is 5.53. The fourth-order valence-electron chi connectivity index (χ4n) is 3.17. The Morgan fingerprint density at radius 3 is 2.58 bits per heavy atom. The Morgan fingerprint density at radius 2 is 1.91 bits per heavy atom. The lowest BCUT2D eigenvalue weighted by molar-refractivity contribution is -0.137. The number of thioether (sulfide) groups is 1. The summed E-state index contributed by atoms with van der Waals surface area (Å²) >= 11 is 1.05. The number of hydrogen-bond acceptors (Lipinski definition) is 6. The molecule has 3 rings (SSSR count). The van der Waals surface area contributed by atoms with Gasteiger partial charge in [0.2, 0.25) is 11.8 Å². The van der Waals surface area contributed by atoms with E-state index in [-0.39, 0.29) is 18.2 Å². The predicted molar refractivity (Wildman–Crippen MR) is 119 cm³/mol. The molecule has 1 saturated heterocycles. The van der Waals surface area contributed by atoms with E-state index in [2.05, 4.69) is 16.0 Å². The Morgan fingerprint density at radius 1 is 1.18 bits per heavy atom. The number of aryl methyl sites for hydroxylation is 1. The van der Waals surface area contributed by atoms with Crippen molar-refractivity contribution < 1.29 is 31.2 Å². The van der Waals surface area contributed by atoms with Crippen molar-refractivity contribution in [3.8, 4) is 0 Å². The number of rotatable bonds is 7. The van der Waals surface area contributed by atoms with Gasteiger partial charge in [-0.05, 0) is 42.3 Å². The van der Waals surface area contributed by atoms with Crippen LogP contribution in [0.3, 0.4) is 0 Å². The number of halogens is 3. The van der Waals surface area contributed by atoms with Crippen LogP contribution in [0.5, 0.6) is 0 Å². The maximum Gasteiger partial charge on any atom is 0.416 e. The van der Waals surface area contributed by atoms with Crippen LogP contribution in [0.4, 0.5) is 18.9 Å². The SMILES string of the molecule is CCc1cccc(NC(=O)CSC2NCC(S(=O)(=O)c3cccc(C(F)(F)F)c3)C(=O)N2)c1. The number of benzene rings is 2. The Kier molecular flexibility index (Phi) is 7.70. The highest BCUT2D eigenvalue weighted by molar-refractivity contribution is 8.00. The van der Waals surface area contributed by atoms with Crippen LogP contribution in [0.25, 0.3) is 0 Å². The molecule has 0 bridgehead atoms. The lowest BCUT2D eigenvalue weighted by atomic mass is 10.1. The Hall–Kier alpha value is -2.57. The van der Waals surface area contributed by atoms with E-state index >= 15 is 0 Å². The average molecular weight is 502 g/mol. The Labute approximate surface area is 193 Å². The van der Waals surface area contributed by atoms with Crippen LogP contribution < -0.4 is 16.0 Å². The predicted octanol–water partition coefficient (Wildman–Crippen LogP) is 2.79. The van der Waals surface area contributed by atoms with E-state index in [0.717, 1.165) is 41.9 Å². The first-order valence-corrected chi connectivity index (χ1v) is 12.6. The zero-order valence-electron chi connectivity index (χ0n) is 17.5. The molecule has 1 aliphatic heterocycles. The summed E-state index contributed by atoms with van der Waals surface area (Å²) in [6, 6.07) is 10.7. The van der Waals surface area contributed by atoms with E-state index in [4.69, 9.17) is 0 Å². The maximum absolute atomic E-state index is 12.9. The molecule has 2 aromatic carbocycles. The van der Waals surface area contributed by atoms with Gasteiger partial charge in [0.15, 0.2) is 15.1 Å². The highest BCUT2D eigenvalue weighted by atomic mass is 32.2. The van der Waals surface area contributed by atoms with E-state index in [1.54, 1.807) is 6.07 Å². The molecule has 1 fully saturated rings. The van der Waals surface area contributed by atoms with Gasteiger partial charge in [0.1, 0.15) is 5.50 Å². The first-order valence-electron chi connectivity index (χ1n) is 9.96. The topological polar surface area (TPSA) is 104 Å². The molecule has 12 heteroatoms. The third-order valence-corrected chi connectivity index (χ3v) is 8.01. The Bertz CT molecular complexity index is 1140. The van der Waals surface area contributed by atoms with Crippen molar-refractivity contribution >= 4 is 39.1 Å². The van der Waals surface area contributed by atoms with Crippen molar-refractivity contribution in [1.29, 1.82) is 0 Å². The summed E-state index contributed by atoms with van der Waals surface area (Å²) in [6.45, 7) is 1.69. The molecular weight excluding hydrogens is 479 g/mol. The van der Waals surface area contributed by atoms with Crippen LogP contribution in [0.2, 0.25) is 0 Å². The summed E-state index contributed by atoms with van der Waals surface area (Å²) < 4.78 is 64.3. The molecule has 7 nitrogen and oxygen atoms in total. The standard InChI is InChI=1S/C21H22F3N3O4S2/c1-2-13-5-3-7-15(9-13)26-18(28)12-32-20-25-11-17(19(29)27-20)33(30,31)16-8-4-6-14(10-16)21(22,23)24/h3-10,17,20,25H,2,11-12H2,1H3,(H,26,28)(H,27,29). The number of anilines is 1. The van der Waals surface area contributed by atoms with Crippen LogP contribution in [0.15, 0.2) is 53.4 Å². The third kappa shape index (κ3) is 6.27. The first kappa shape index (κ1) is 25.1.